The highest BCUT2D eigenvalue weighted by Gasteiger charge is 2.19. The van der Waals surface area contributed by atoms with E-state index in [2.05, 4.69) is 25.3 Å². The average molecular weight is 407 g/mol. The summed E-state index contributed by atoms with van der Waals surface area (Å²) in [5.41, 5.74) is 3.56. The third kappa shape index (κ3) is 3.27. The zero-order chi connectivity index (χ0) is 20.0. The minimum absolute atomic E-state index is 0.150. The van der Waals surface area contributed by atoms with Crippen LogP contribution < -0.4 is 10.9 Å². The van der Waals surface area contributed by atoms with Crippen molar-refractivity contribution in [2.24, 2.45) is 0 Å². The second-order valence-electron chi connectivity index (χ2n) is 7.25. The minimum atomic E-state index is -0.286. The number of nitrogens with one attached hydrogen (secondary N) is 2. The number of H-pyrrole nitrogens is 1. The number of hydrogen-bond donors (Lipinski definition) is 2. The molecule has 2 N–H and O–H groups in total. The Morgan fingerprint density at radius 3 is 3.00 bits per heavy atom. The maximum absolute atomic E-state index is 12.5. The predicted molar refractivity (Wildman–Crippen MR) is 113 cm³/mol. The Bertz CT molecular complexity index is 1280. The highest BCUT2D eigenvalue weighted by molar-refractivity contribution is 6.31. The van der Waals surface area contributed by atoms with E-state index in [4.69, 9.17) is 11.6 Å². The Morgan fingerprint density at radius 1 is 1.21 bits per heavy atom. The molecule has 0 saturated carbocycles. The fraction of sp³-hybridized carbons (Fsp3) is 0.238. The molecule has 5 rings (SSSR count). The van der Waals surface area contributed by atoms with E-state index >= 15 is 0 Å². The molecule has 29 heavy (non-hydrogen) atoms. The second kappa shape index (κ2) is 7.00. The van der Waals surface area contributed by atoms with Gasteiger partial charge in [0.15, 0.2) is 0 Å². The number of aromatic nitrogens is 5. The molecule has 7 nitrogen and oxygen atoms in total. The van der Waals surface area contributed by atoms with Gasteiger partial charge < -0.3 is 10.3 Å². The van der Waals surface area contributed by atoms with Crippen molar-refractivity contribution < 1.29 is 0 Å². The van der Waals surface area contributed by atoms with Gasteiger partial charge >= 0.3 is 0 Å². The van der Waals surface area contributed by atoms with Gasteiger partial charge in [0.05, 0.1) is 11.7 Å². The maximum atomic E-state index is 12.5. The van der Waals surface area contributed by atoms with Gasteiger partial charge in [0.25, 0.3) is 5.56 Å². The number of imidazole rings is 1. The van der Waals surface area contributed by atoms with Crippen LogP contribution in [0.1, 0.15) is 36.3 Å². The van der Waals surface area contributed by atoms with Crippen molar-refractivity contribution in [3.8, 4) is 5.82 Å². The summed E-state index contributed by atoms with van der Waals surface area (Å²) in [6.45, 7) is 1.91. The van der Waals surface area contributed by atoms with Gasteiger partial charge in [0.2, 0.25) is 5.95 Å². The number of benzene rings is 1. The van der Waals surface area contributed by atoms with Crippen LogP contribution in [-0.4, -0.2) is 24.5 Å². The Balaban J connectivity index is 1.45. The van der Waals surface area contributed by atoms with Gasteiger partial charge in [-0.1, -0.05) is 11.6 Å². The molecular formula is C21H19ClN6O. The number of hydrogen-bond acceptors (Lipinski definition) is 5. The van der Waals surface area contributed by atoms with Crippen molar-refractivity contribution in [2.75, 3.05) is 5.32 Å². The zero-order valence-corrected chi connectivity index (χ0v) is 16.6. The molecule has 0 fully saturated rings. The SMILES string of the molecule is CC(Nc1nccc(-n2cnc3c2CCC3)n1)c1cc2cc(Cl)ccc2[nH]c1=O. The molecule has 3 heterocycles. The molecule has 0 spiro atoms. The maximum Gasteiger partial charge on any atom is 0.253 e. The molecule has 1 atom stereocenters. The molecule has 0 amide bonds. The van der Waals surface area contributed by atoms with Gasteiger partial charge in [0.1, 0.15) is 12.1 Å². The van der Waals surface area contributed by atoms with Gasteiger partial charge in [-0.05, 0) is 56.5 Å². The van der Waals surface area contributed by atoms with Crippen LogP contribution in [0.4, 0.5) is 5.95 Å². The lowest BCUT2D eigenvalue weighted by molar-refractivity contribution is 0.818. The summed E-state index contributed by atoms with van der Waals surface area (Å²) in [7, 11) is 0. The molecule has 3 aromatic heterocycles. The lowest BCUT2D eigenvalue weighted by Gasteiger charge is -2.15. The first kappa shape index (κ1) is 17.9. The van der Waals surface area contributed by atoms with E-state index in [9.17, 15) is 4.79 Å². The molecule has 146 valence electrons. The van der Waals surface area contributed by atoms with Crippen LogP contribution in [0.25, 0.3) is 16.7 Å². The van der Waals surface area contributed by atoms with Crippen LogP contribution in [0.2, 0.25) is 5.02 Å². The Kier molecular flexibility index (Phi) is 4.32. The number of aryl methyl sites for hydroxylation is 1. The fourth-order valence-electron chi connectivity index (χ4n) is 3.85. The van der Waals surface area contributed by atoms with Gasteiger partial charge in [-0.15, -0.1) is 0 Å². The van der Waals surface area contributed by atoms with E-state index in [1.807, 2.05) is 36.0 Å². The topological polar surface area (TPSA) is 88.5 Å². The van der Waals surface area contributed by atoms with E-state index in [0.29, 0.717) is 16.5 Å². The first-order valence-corrected chi connectivity index (χ1v) is 9.94. The Morgan fingerprint density at radius 2 is 2.10 bits per heavy atom. The quantitative estimate of drug-likeness (QED) is 0.538. The average Bonchev–Trinajstić information content (AvgIpc) is 3.31. The normalized spacial score (nSPS) is 14.1. The molecule has 1 aliphatic rings. The summed E-state index contributed by atoms with van der Waals surface area (Å²) in [6, 6.07) is 8.82. The smallest absolute Gasteiger partial charge is 0.253 e. The number of aromatic amines is 1. The molecule has 1 aliphatic carbocycles. The number of rotatable bonds is 4. The van der Waals surface area contributed by atoms with Gasteiger partial charge in [-0.2, -0.15) is 4.98 Å². The van der Waals surface area contributed by atoms with E-state index in [0.717, 1.165) is 41.7 Å². The van der Waals surface area contributed by atoms with Crippen LogP contribution in [-0.2, 0) is 12.8 Å². The summed E-state index contributed by atoms with van der Waals surface area (Å²) in [4.78, 5) is 28.9. The monoisotopic (exact) mass is 406 g/mol. The molecule has 0 radical (unpaired) electrons. The van der Waals surface area contributed by atoms with Crippen molar-refractivity contribution in [3.05, 3.63) is 75.2 Å². The van der Waals surface area contributed by atoms with Crippen LogP contribution in [0, 0.1) is 0 Å². The highest BCUT2D eigenvalue weighted by Crippen LogP contribution is 2.24. The fourth-order valence-corrected chi connectivity index (χ4v) is 4.03. The molecule has 4 aromatic rings. The third-order valence-electron chi connectivity index (χ3n) is 5.31. The number of fused-ring (bicyclic) bond motifs is 2. The van der Waals surface area contributed by atoms with Crippen LogP contribution in [0.15, 0.2) is 47.7 Å². The molecule has 1 aromatic carbocycles. The van der Waals surface area contributed by atoms with Crippen molar-refractivity contribution in [3.63, 3.8) is 0 Å². The van der Waals surface area contributed by atoms with Gasteiger partial charge in [0, 0.05) is 33.4 Å². The number of anilines is 1. The molecule has 8 heteroatoms. The first-order chi connectivity index (χ1) is 14.1. The van der Waals surface area contributed by atoms with Crippen LogP contribution >= 0.6 is 11.6 Å². The second-order valence-corrected chi connectivity index (χ2v) is 7.69. The number of nitrogens with zero attached hydrogens (tertiary/aromatic N) is 4. The summed E-state index contributed by atoms with van der Waals surface area (Å²) >= 11 is 6.09. The van der Waals surface area contributed by atoms with Crippen molar-refractivity contribution in [2.45, 2.75) is 32.2 Å². The summed E-state index contributed by atoms with van der Waals surface area (Å²) in [5, 5.41) is 4.74. The largest absolute Gasteiger partial charge is 0.347 e. The van der Waals surface area contributed by atoms with Crippen LogP contribution in [0.3, 0.4) is 0 Å². The van der Waals surface area contributed by atoms with E-state index < -0.39 is 0 Å². The highest BCUT2D eigenvalue weighted by atomic mass is 35.5. The first-order valence-electron chi connectivity index (χ1n) is 9.56. The predicted octanol–water partition coefficient (Wildman–Crippen LogP) is 3.82. The summed E-state index contributed by atoms with van der Waals surface area (Å²) < 4.78 is 2.02. The molecular weight excluding hydrogens is 388 g/mol. The van der Waals surface area contributed by atoms with Crippen molar-refractivity contribution in [1.82, 2.24) is 24.5 Å². The van der Waals surface area contributed by atoms with E-state index in [-0.39, 0.29) is 11.6 Å². The zero-order valence-electron chi connectivity index (χ0n) is 15.8. The van der Waals surface area contributed by atoms with E-state index in [1.54, 1.807) is 18.3 Å². The molecule has 0 aliphatic heterocycles. The Hall–Kier alpha value is -3.19. The molecule has 1 unspecified atom stereocenters. The lowest BCUT2D eigenvalue weighted by atomic mass is 10.1. The lowest BCUT2D eigenvalue weighted by Crippen LogP contribution is -2.20. The third-order valence-corrected chi connectivity index (χ3v) is 5.55. The molecule has 0 saturated heterocycles. The summed E-state index contributed by atoms with van der Waals surface area (Å²) in [6.07, 6.45) is 6.68. The minimum Gasteiger partial charge on any atom is -0.347 e. The number of pyridine rings is 1. The molecule has 0 bridgehead atoms. The number of halogens is 1. The van der Waals surface area contributed by atoms with Gasteiger partial charge in [-0.25, -0.2) is 9.97 Å². The van der Waals surface area contributed by atoms with Crippen LogP contribution in [0.5, 0.6) is 0 Å². The van der Waals surface area contributed by atoms with E-state index in [1.165, 1.54) is 5.69 Å². The summed E-state index contributed by atoms with van der Waals surface area (Å²) in [5.74, 6) is 1.23. The van der Waals surface area contributed by atoms with Crippen molar-refractivity contribution >= 4 is 28.5 Å². The standard InChI is InChI=1S/C21H19ClN6O/c1-12(15-10-13-9-14(22)5-6-16(13)26-20(15)29)25-21-23-8-7-19(27-21)28-11-24-17-3-2-4-18(17)28/h5-12H,2-4H2,1H3,(H,26,29)(H,23,25,27). The Labute approximate surface area is 171 Å². The van der Waals surface area contributed by atoms with Crippen molar-refractivity contribution in [1.29, 1.82) is 0 Å². The van der Waals surface area contributed by atoms with Gasteiger partial charge in [-0.3, -0.25) is 9.36 Å².